The first-order valence-corrected chi connectivity index (χ1v) is 13.8. The van der Waals surface area contributed by atoms with E-state index in [2.05, 4.69) is 34.2 Å². The molecule has 2 bridgehead atoms. The number of aromatic nitrogens is 2. The summed E-state index contributed by atoms with van der Waals surface area (Å²) in [6.45, 7) is 3.10. The number of fused-ring (bicyclic) bond motifs is 4. The van der Waals surface area contributed by atoms with Crippen LogP contribution in [0.2, 0.25) is 5.02 Å². The van der Waals surface area contributed by atoms with Crippen molar-refractivity contribution in [3.8, 4) is 17.1 Å². The molecule has 0 spiro atoms. The molecule has 2 saturated heterocycles. The van der Waals surface area contributed by atoms with Gasteiger partial charge in [0.1, 0.15) is 11.3 Å². The molecule has 3 aromatic carbocycles. The van der Waals surface area contributed by atoms with E-state index in [4.69, 9.17) is 21.3 Å². The molecule has 3 heterocycles. The fourth-order valence-corrected chi connectivity index (χ4v) is 6.11. The lowest BCUT2D eigenvalue weighted by molar-refractivity contribution is 0.274. The number of anilines is 1. The Labute approximate surface area is 227 Å². The van der Waals surface area contributed by atoms with Gasteiger partial charge in [-0.3, -0.25) is 0 Å². The highest BCUT2D eigenvalue weighted by Crippen LogP contribution is 2.41. The van der Waals surface area contributed by atoms with Crippen LogP contribution >= 0.6 is 11.6 Å². The summed E-state index contributed by atoms with van der Waals surface area (Å²) >= 11 is 6.85. The molecule has 1 aromatic heterocycles. The maximum atomic E-state index is 16.5. The molecule has 0 radical (unpaired) electrons. The van der Waals surface area contributed by atoms with Gasteiger partial charge in [0.05, 0.1) is 11.6 Å². The van der Waals surface area contributed by atoms with Gasteiger partial charge in [-0.05, 0) is 68.7 Å². The zero-order valence-corrected chi connectivity index (χ0v) is 22.6. The molecule has 6 rings (SSSR count). The summed E-state index contributed by atoms with van der Waals surface area (Å²) in [4.78, 5) is 13.8. The molecule has 0 unspecified atom stereocenters. The van der Waals surface area contributed by atoms with Crippen molar-refractivity contribution in [1.82, 2.24) is 20.2 Å². The summed E-state index contributed by atoms with van der Waals surface area (Å²) < 4.78 is 22.5. The summed E-state index contributed by atoms with van der Waals surface area (Å²) in [5.41, 5.74) is 1.36. The SMILES string of the molecule is CN(C)CCCCOc1nc(N2C[C@H]3CC[C@@H](C2)N3)c2cc(Cl)c(-c3cccc4ccccc34)c(F)c2n1. The van der Waals surface area contributed by atoms with Gasteiger partial charge >= 0.3 is 6.01 Å². The van der Waals surface area contributed by atoms with E-state index in [1.807, 2.05) is 48.5 Å². The molecule has 0 aliphatic carbocycles. The molecule has 2 aliphatic heterocycles. The van der Waals surface area contributed by atoms with Gasteiger partial charge in [-0.2, -0.15) is 9.97 Å². The number of nitrogens with zero attached hydrogens (tertiary/aromatic N) is 4. The van der Waals surface area contributed by atoms with Gasteiger partial charge < -0.3 is 19.9 Å². The minimum Gasteiger partial charge on any atom is -0.463 e. The molecule has 198 valence electrons. The third-order valence-corrected chi connectivity index (χ3v) is 7.95. The van der Waals surface area contributed by atoms with Crippen molar-refractivity contribution >= 4 is 39.1 Å². The van der Waals surface area contributed by atoms with E-state index in [1.165, 1.54) is 0 Å². The van der Waals surface area contributed by atoms with Gasteiger partial charge in [0.2, 0.25) is 0 Å². The maximum Gasteiger partial charge on any atom is 0.319 e. The molecule has 38 heavy (non-hydrogen) atoms. The van der Waals surface area contributed by atoms with Crippen molar-refractivity contribution in [3.05, 3.63) is 59.4 Å². The van der Waals surface area contributed by atoms with E-state index < -0.39 is 5.82 Å². The third kappa shape index (κ3) is 4.91. The summed E-state index contributed by atoms with van der Waals surface area (Å²) in [6, 6.07) is 16.7. The average Bonchev–Trinajstić information content (AvgIpc) is 3.25. The van der Waals surface area contributed by atoms with Crippen LogP contribution in [-0.4, -0.2) is 67.3 Å². The number of rotatable bonds is 8. The minimum atomic E-state index is -0.442. The number of unbranched alkanes of at least 4 members (excludes halogenated alkanes) is 1. The number of ether oxygens (including phenoxy) is 1. The van der Waals surface area contributed by atoms with Gasteiger partial charge in [-0.15, -0.1) is 0 Å². The van der Waals surface area contributed by atoms with Crippen LogP contribution in [0.15, 0.2) is 48.5 Å². The first-order valence-electron chi connectivity index (χ1n) is 13.4. The van der Waals surface area contributed by atoms with Gasteiger partial charge in [0.25, 0.3) is 0 Å². The number of halogens is 2. The number of piperazine rings is 1. The second kappa shape index (κ2) is 10.6. The average molecular weight is 534 g/mol. The van der Waals surface area contributed by atoms with Crippen LogP contribution in [0.3, 0.4) is 0 Å². The summed E-state index contributed by atoms with van der Waals surface area (Å²) in [5, 5.41) is 6.61. The van der Waals surface area contributed by atoms with Crippen LogP contribution in [0.5, 0.6) is 6.01 Å². The highest BCUT2D eigenvalue weighted by Gasteiger charge is 2.34. The van der Waals surface area contributed by atoms with Crippen LogP contribution in [-0.2, 0) is 0 Å². The van der Waals surface area contributed by atoms with Gasteiger partial charge in [0, 0.05) is 36.1 Å². The number of hydrogen-bond donors (Lipinski definition) is 1. The predicted octanol–water partition coefficient (Wildman–Crippen LogP) is 5.90. The summed E-state index contributed by atoms with van der Waals surface area (Å²) in [6.07, 6.45) is 4.15. The van der Waals surface area contributed by atoms with Crippen LogP contribution < -0.4 is 15.0 Å². The van der Waals surface area contributed by atoms with Gasteiger partial charge in [-0.1, -0.05) is 54.1 Å². The molecular weight excluding hydrogens is 501 g/mol. The van der Waals surface area contributed by atoms with E-state index in [9.17, 15) is 0 Å². The van der Waals surface area contributed by atoms with E-state index in [0.29, 0.717) is 40.5 Å². The molecule has 2 fully saturated rings. The van der Waals surface area contributed by atoms with Crippen molar-refractivity contribution in [2.45, 2.75) is 37.8 Å². The Balaban J connectivity index is 1.45. The largest absolute Gasteiger partial charge is 0.463 e. The summed E-state index contributed by atoms with van der Waals surface area (Å²) in [5.74, 6) is 0.255. The fraction of sp³-hybridized carbons (Fsp3) is 0.400. The highest BCUT2D eigenvalue weighted by atomic mass is 35.5. The molecule has 2 aliphatic rings. The Kier molecular flexibility index (Phi) is 7.08. The van der Waals surface area contributed by atoms with Crippen LogP contribution in [0.4, 0.5) is 10.2 Å². The molecule has 2 atom stereocenters. The van der Waals surface area contributed by atoms with E-state index >= 15 is 4.39 Å². The lowest BCUT2D eigenvalue weighted by atomic mass is 9.96. The number of nitrogens with one attached hydrogen (secondary N) is 1. The molecule has 4 aromatic rings. The Bertz CT molecular complexity index is 1460. The molecule has 1 N–H and O–H groups in total. The van der Waals surface area contributed by atoms with Crippen molar-refractivity contribution in [2.75, 3.05) is 45.2 Å². The van der Waals surface area contributed by atoms with Crippen molar-refractivity contribution in [3.63, 3.8) is 0 Å². The third-order valence-electron chi connectivity index (χ3n) is 7.65. The standard InChI is InChI=1S/C30H33ClFN5O/c1-36(2)14-5-6-15-38-30-34-28-24(29(35-30)37-17-20-12-13-21(18-37)33-20)16-25(31)26(27(28)32)23-11-7-9-19-8-3-4-10-22(19)23/h3-4,7-11,16,20-21,33H,5-6,12-15,17-18H2,1-2H3/t20-,21+. The first kappa shape index (κ1) is 25.3. The molecule has 0 amide bonds. The normalized spacial score (nSPS) is 19.1. The van der Waals surface area contributed by atoms with Crippen LogP contribution in [0, 0.1) is 5.82 Å². The molecular formula is C30H33ClFN5O. The quantitative estimate of drug-likeness (QED) is 0.284. The monoisotopic (exact) mass is 533 g/mol. The minimum absolute atomic E-state index is 0.216. The Morgan fingerprint density at radius 3 is 2.58 bits per heavy atom. The smallest absolute Gasteiger partial charge is 0.319 e. The number of hydrogen-bond acceptors (Lipinski definition) is 6. The fourth-order valence-electron chi connectivity index (χ4n) is 5.82. The second-order valence-corrected chi connectivity index (χ2v) is 11.1. The Morgan fingerprint density at radius 2 is 1.79 bits per heavy atom. The zero-order chi connectivity index (χ0) is 26.2. The van der Waals surface area contributed by atoms with Gasteiger partial charge in [-0.25, -0.2) is 4.39 Å². The predicted molar refractivity (Wildman–Crippen MR) is 153 cm³/mol. The maximum absolute atomic E-state index is 16.5. The van der Waals surface area contributed by atoms with E-state index in [1.54, 1.807) is 0 Å². The Morgan fingerprint density at radius 1 is 1.03 bits per heavy atom. The highest BCUT2D eigenvalue weighted by molar-refractivity contribution is 6.35. The van der Waals surface area contributed by atoms with Gasteiger partial charge in [0.15, 0.2) is 5.82 Å². The van der Waals surface area contributed by atoms with Crippen molar-refractivity contribution in [1.29, 1.82) is 0 Å². The lowest BCUT2D eigenvalue weighted by Crippen LogP contribution is -2.51. The topological polar surface area (TPSA) is 53.5 Å². The van der Waals surface area contributed by atoms with Crippen molar-refractivity contribution in [2.24, 2.45) is 0 Å². The summed E-state index contributed by atoms with van der Waals surface area (Å²) in [7, 11) is 4.11. The van der Waals surface area contributed by atoms with Crippen molar-refractivity contribution < 1.29 is 9.13 Å². The van der Waals surface area contributed by atoms with E-state index in [-0.39, 0.29) is 11.5 Å². The van der Waals surface area contributed by atoms with E-state index in [0.717, 1.165) is 61.7 Å². The Hall–Kier alpha value is -3.00. The first-order chi connectivity index (χ1) is 18.5. The molecule has 8 heteroatoms. The molecule has 0 saturated carbocycles. The number of benzene rings is 3. The van der Waals surface area contributed by atoms with Crippen LogP contribution in [0.25, 0.3) is 32.8 Å². The molecule has 6 nitrogen and oxygen atoms in total. The second-order valence-electron chi connectivity index (χ2n) is 10.7. The lowest BCUT2D eigenvalue weighted by Gasteiger charge is -2.34. The zero-order valence-electron chi connectivity index (χ0n) is 21.9. The van der Waals surface area contributed by atoms with Crippen LogP contribution in [0.1, 0.15) is 25.7 Å².